The Morgan fingerprint density at radius 3 is 2.53 bits per heavy atom. The lowest BCUT2D eigenvalue weighted by Gasteiger charge is -2.55. The number of carbonyl (C=O) groups is 1. The van der Waals surface area contributed by atoms with Crippen molar-refractivity contribution in [2.45, 2.75) is 121 Å². The molecule has 1 aromatic rings. The predicted octanol–water partition coefficient (Wildman–Crippen LogP) is 4.39. The van der Waals surface area contributed by atoms with Gasteiger partial charge in [-0.05, 0) is 23.3 Å². The molecule has 7 nitrogen and oxygen atoms in total. The molecule has 36 heavy (non-hydrogen) atoms. The van der Waals surface area contributed by atoms with E-state index in [0.717, 1.165) is 24.8 Å². The van der Waals surface area contributed by atoms with E-state index in [1.807, 2.05) is 37.3 Å². The second-order valence-electron chi connectivity index (χ2n) is 11.6. The molecule has 1 N–H and O–H groups in total. The molecule has 5 rings (SSSR count). The molecule has 4 saturated heterocycles. The molecule has 4 fully saturated rings. The molecule has 4 heterocycles. The van der Waals surface area contributed by atoms with Gasteiger partial charge >= 0.3 is 5.97 Å². The van der Waals surface area contributed by atoms with Gasteiger partial charge in [0.05, 0.1) is 49.1 Å². The second-order valence-corrected chi connectivity index (χ2v) is 11.6. The van der Waals surface area contributed by atoms with Gasteiger partial charge in [-0.25, -0.2) is 0 Å². The van der Waals surface area contributed by atoms with Crippen molar-refractivity contribution in [3.8, 4) is 0 Å². The van der Waals surface area contributed by atoms with Gasteiger partial charge in [0.15, 0.2) is 5.79 Å². The average Bonchev–Trinajstić information content (AvgIpc) is 3.28. The van der Waals surface area contributed by atoms with Gasteiger partial charge in [0, 0.05) is 25.7 Å². The van der Waals surface area contributed by atoms with Crippen LogP contribution in [0.4, 0.5) is 0 Å². The molecule has 0 bridgehead atoms. The number of benzene rings is 1. The first kappa shape index (κ1) is 26.1. The fraction of sp³-hybridized carbons (Fsp3) is 0.759. The van der Waals surface area contributed by atoms with Crippen LogP contribution in [0.1, 0.15) is 71.8 Å². The summed E-state index contributed by atoms with van der Waals surface area (Å²) in [5, 5.41) is 10.9. The maximum Gasteiger partial charge on any atom is 0.308 e. The van der Waals surface area contributed by atoms with E-state index in [9.17, 15) is 9.90 Å². The third-order valence-electron chi connectivity index (χ3n) is 8.80. The summed E-state index contributed by atoms with van der Waals surface area (Å²) in [5.74, 6) is -0.538. The van der Waals surface area contributed by atoms with Crippen LogP contribution in [0.25, 0.3) is 0 Å². The van der Waals surface area contributed by atoms with Gasteiger partial charge in [0.2, 0.25) is 0 Å². The van der Waals surface area contributed by atoms with Crippen molar-refractivity contribution >= 4 is 5.97 Å². The Hall–Kier alpha value is -1.51. The Labute approximate surface area is 214 Å². The molecule has 1 spiro atoms. The van der Waals surface area contributed by atoms with Gasteiger partial charge in [0.1, 0.15) is 6.61 Å². The van der Waals surface area contributed by atoms with E-state index >= 15 is 0 Å². The van der Waals surface area contributed by atoms with Gasteiger partial charge in [-0.1, -0.05) is 64.4 Å². The average molecular weight is 503 g/mol. The summed E-state index contributed by atoms with van der Waals surface area (Å²) in [4.78, 5) is 12.6. The molecule has 4 aliphatic heterocycles. The highest BCUT2D eigenvalue weighted by molar-refractivity contribution is 5.70. The number of esters is 1. The number of hydrogen-bond donors (Lipinski definition) is 1. The lowest BCUT2D eigenvalue weighted by Crippen LogP contribution is -2.62. The number of aliphatic hydroxyl groups is 1. The second kappa shape index (κ2) is 10.7. The standard InChI is InChI=1S/C29H42O7/c1-5-17(2)21-11-23-22(33-21)12-25-28(34-23)19(4)15-29(36-25)14-18(3)27(31)24(35-29)13-26(30)32-16-20-9-7-6-8-10-20/h6-10,17-19,21-25,27-28,31H,5,11-16H2,1-4H3/t17-,18-,19-,21-,22+,23+,24-,25-,27-,28-,29+/m0/s1. The van der Waals surface area contributed by atoms with E-state index in [4.69, 9.17) is 23.7 Å². The van der Waals surface area contributed by atoms with Gasteiger partial charge < -0.3 is 28.8 Å². The normalized spacial score (nSPS) is 43.0. The van der Waals surface area contributed by atoms with Crippen molar-refractivity contribution in [2.24, 2.45) is 17.8 Å². The van der Waals surface area contributed by atoms with E-state index in [1.54, 1.807) is 0 Å². The van der Waals surface area contributed by atoms with Crippen LogP contribution in [0.2, 0.25) is 0 Å². The van der Waals surface area contributed by atoms with Crippen molar-refractivity contribution in [1.82, 2.24) is 0 Å². The zero-order chi connectivity index (χ0) is 25.4. The topological polar surface area (TPSA) is 83.5 Å². The third kappa shape index (κ3) is 5.37. The molecule has 0 aromatic heterocycles. The van der Waals surface area contributed by atoms with Crippen LogP contribution >= 0.6 is 0 Å². The molecular weight excluding hydrogens is 460 g/mol. The van der Waals surface area contributed by atoms with E-state index in [1.165, 1.54) is 0 Å². The largest absolute Gasteiger partial charge is 0.461 e. The van der Waals surface area contributed by atoms with Gasteiger partial charge in [-0.2, -0.15) is 0 Å². The highest BCUT2D eigenvalue weighted by atomic mass is 16.7. The molecule has 0 aliphatic carbocycles. The predicted molar refractivity (Wildman–Crippen MR) is 133 cm³/mol. The first-order valence-corrected chi connectivity index (χ1v) is 13.8. The lowest BCUT2D eigenvalue weighted by molar-refractivity contribution is -0.373. The molecule has 4 aliphatic rings. The van der Waals surface area contributed by atoms with Crippen LogP contribution in [0.15, 0.2) is 30.3 Å². The summed E-state index contributed by atoms with van der Waals surface area (Å²) in [7, 11) is 0. The monoisotopic (exact) mass is 502 g/mol. The van der Waals surface area contributed by atoms with Crippen molar-refractivity contribution in [2.75, 3.05) is 0 Å². The van der Waals surface area contributed by atoms with Crippen LogP contribution in [0, 0.1) is 17.8 Å². The molecule has 7 heteroatoms. The quantitative estimate of drug-likeness (QED) is 0.578. The zero-order valence-electron chi connectivity index (χ0n) is 22.0. The van der Waals surface area contributed by atoms with Crippen LogP contribution in [0.3, 0.4) is 0 Å². The van der Waals surface area contributed by atoms with Gasteiger partial charge in [-0.15, -0.1) is 0 Å². The maximum atomic E-state index is 12.6. The van der Waals surface area contributed by atoms with Gasteiger partial charge in [0.25, 0.3) is 0 Å². The van der Waals surface area contributed by atoms with Crippen molar-refractivity contribution in [3.63, 3.8) is 0 Å². The summed E-state index contributed by atoms with van der Waals surface area (Å²) in [6, 6.07) is 9.58. The molecule has 200 valence electrons. The fourth-order valence-corrected chi connectivity index (χ4v) is 6.63. The van der Waals surface area contributed by atoms with Crippen LogP contribution in [-0.2, 0) is 35.1 Å². The van der Waals surface area contributed by atoms with Crippen LogP contribution < -0.4 is 0 Å². The van der Waals surface area contributed by atoms with E-state index in [2.05, 4.69) is 20.8 Å². The van der Waals surface area contributed by atoms with Crippen molar-refractivity contribution in [1.29, 1.82) is 0 Å². The smallest absolute Gasteiger partial charge is 0.308 e. The summed E-state index contributed by atoms with van der Waals surface area (Å²) in [6.07, 6.45) is 2.96. The van der Waals surface area contributed by atoms with Crippen LogP contribution in [0.5, 0.6) is 0 Å². The molecular formula is C29H42O7. The maximum absolute atomic E-state index is 12.6. The molecule has 0 unspecified atom stereocenters. The number of hydrogen-bond acceptors (Lipinski definition) is 7. The fourth-order valence-electron chi connectivity index (χ4n) is 6.63. The molecule has 0 radical (unpaired) electrons. The number of ether oxygens (including phenoxy) is 5. The molecule has 1 aromatic carbocycles. The number of rotatable bonds is 6. The Bertz CT molecular complexity index is 893. The Kier molecular flexibility index (Phi) is 7.76. The third-order valence-corrected chi connectivity index (χ3v) is 8.80. The summed E-state index contributed by atoms with van der Waals surface area (Å²) < 4.78 is 31.6. The lowest BCUT2D eigenvalue weighted by atomic mass is 9.78. The summed E-state index contributed by atoms with van der Waals surface area (Å²) in [5.41, 5.74) is 0.927. The molecule has 0 saturated carbocycles. The minimum Gasteiger partial charge on any atom is -0.461 e. The minimum absolute atomic E-state index is 0.00712. The van der Waals surface area contributed by atoms with Gasteiger partial charge in [-0.3, -0.25) is 4.79 Å². The Morgan fingerprint density at radius 1 is 1.06 bits per heavy atom. The zero-order valence-corrected chi connectivity index (χ0v) is 22.0. The summed E-state index contributed by atoms with van der Waals surface area (Å²) in [6.45, 7) is 8.86. The SMILES string of the molecule is CC[C@H](C)[C@@H]1C[C@H]2O[C@@H]3[C@H](C[C@H]2O1)O[C@]1(C[C@H](C)[C@H](O)[C@H](CC(=O)OCc2ccccc2)O1)C[C@@H]3C. The first-order valence-electron chi connectivity index (χ1n) is 13.8. The van der Waals surface area contributed by atoms with Crippen LogP contribution in [-0.4, -0.2) is 59.6 Å². The van der Waals surface area contributed by atoms with E-state index in [0.29, 0.717) is 18.8 Å². The first-order chi connectivity index (χ1) is 17.3. The Balaban J connectivity index is 1.23. The number of carbonyl (C=O) groups excluding carboxylic acids is 1. The number of fused-ring (bicyclic) bond motifs is 2. The summed E-state index contributed by atoms with van der Waals surface area (Å²) >= 11 is 0. The molecule has 11 atom stereocenters. The van der Waals surface area contributed by atoms with Crippen molar-refractivity contribution < 1.29 is 33.6 Å². The van der Waals surface area contributed by atoms with E-state index in [-0.39, 0.29) is 61.4 Å². The minimum atomic E-state index is -0.839. The highest BCUT2D eigenvalue weighted by Crippen LogP contribution is 2.49. The van der Waals surface area contributed by atoms with E-state index < -0.39 is 18.0 Å². The van der Waals surface area contributed by atoms with Crippen molar-refractivity contribution in [3.05, 3.63) is 35.9 Å². The molecule has 0 amide bonds. The highest BCUT2D eigenvalue weighted by Gasteiger charge is 2.57. The Morgan fingerprint density at radius 2 is 1.78 bits per heavy atom. The number of aliphatic hydroxyl groups excluding tert-OH is 1.